The molecular formula is C22H21F3N4O6S. The lowest BCUT2D eigenvalue weighted by Crippen LogP contribution is -2.54. The van der Waals surface area contributed by atoms with Gasteiger partial charge in [0.15, 0.2) is 34.5 Å². The second-order valence-corrected chi connectivity index (χ2v) is 8.71. The number of hydrogen-bond donors (Lipinski definition) is 2. The highest BCUT2D eigenvalue weighted by molar-refractivity contribution is 7.11. The Kier molecular flexibility index (Phi) is 7.56. The number of thiazole rings is 1. The van der Waals surface area contributed by atoms with Gasteiger partial charge >= 0.3 is 12.1 Å². The van der Waals surface area contributed by atoms with Crippen molar-refractivity contribution in [2.75, 3.05) is 26.8 Å². The zero-order chi connectivity index (χ0) is 26.0. The molecule has 1 aromatic heterocycles. The fraction of sp³-hybridized carbons (Fsp3) is 0.364. The molecule has 0 spiro atoms. The van der Waals surface area contributed by atoms with Crippen molar-refractivity contribution in [2.24, 2.45) is 4.99 Å². The number of carbonyl (C=O) groups excluding carboxylic acids is 1. The highest BCUT2D eigenvalue weighted by atomic mass is 32.1. The Balaban J connectivity index is 1.84. The van der Waals surface area contributed by atoms with E-state index >= 15 is 0 Å². The number of esters is 1. The first kappa shape index (κ1) is 25.6. The number of carboxylic acid groups (broad SMARTS) is 1. The second kappa shape index (κ2) is 10.6. The third-order valence-corrected chi connectivity index (χ3v) is 6.41. The van der Waals surface area contributed by atoms with E-state index in [4.69, 9.17) is 14.2 Å². The molecule has 0 amide bonds. The summed E-state index contributed by atoms with van der Waals surface area (Å²) in [6.07, 6.45) is -1.66. The van der Waals surface area contributed by atoms with Gasteiger partial charge in [-0.15, -0.1) is 11.3 Å². The third-order valence-electron chi connectivity index (χ3n) is 5.63. The molecule has 2 aromatic rings. The maximum absolute atomic E-state index is 14.9. The minimum atomic E-state index is -1.71. The summed E-state index contributed by atoms with van der Waals surface area (Å²) in [6, 6.07) is 0.323. The van der Waals surface area contributed by atoms with Crippen LogP contribution < -0.4 is 5.32 Å². The number of carbonyl (C=O) groups is 2. The Morgan fingerprint density at radius 3 is 2.75 bits per heavy atom. The second-order valence-electron chi connectivity index (χ2n) is 7.81. The molecule has 2 aliphatic rings. The number of amidine groups is 1. The van der Waals surface area contributed by atoms with Crippen LogP contribution in [0.15, 0.2) is 40.0 Å². The fourth-order valence-corrected chi connectivity index (χ4v) is 4.59. The SMILES string of the molecule is COC(=O)C1=C(CN2CCO[C@H](C)[C@@H]2OC(=O)O)NC(c2nccs2)=N[C@H]1c1ccc(F)c(F)c1F. The van der Waals surface area contributed by atoms with E-state index in [0.29, 0.717) is 5.01 Å². The minimum absolute atomic E-state index is 0.0950. The van der Waals surface area contributed by atoms with Crippen molar-refractivity contribution in [3.8, 4) is 0 Å². The summed E-state index contributed by atoms with van der Waals surface area (Å²) >= 11 is 1.20. The Morgan fingerprint density at radius 2 is 2.08 bits per heavy atom. The maximum Gasteiger partial charge on any atom is 0.507 e. The van der Waals surface area contributed by atoms with Gasteiger partial charge in [-0.25, -0.2) is 27.7 Å². The molecule has 0 radical (unpaired) electrons. The van der Waals surface area contributed by atoms with Crippen molar-refractivity contribution in [2.45, 2.75) is 25.3 Å². The summed E-state index contributed by atoms with van der Waals surface area (Å²) in [4.78, 5) is 34.4. The average Bonchev–Trinajstić information content (AvgIpc) is 3.39. The molecule has 14 heteroatoms. The number of nitrogens with one attached hydrogen (secondary N) is 1. The first-order valence-electron chi connectivity index (χ1n) is 10.7. The van der Waals surface area contributed by atoms with E-state index < -0.39 is 53.5 Å². The van der Waals surface area contributed by atoms with Gasteiger partial charge in [0.2, 0.25) is 0 Å². The van der Waals surface area contributed by atoms with Crippen LogP contribution in [0, 0.1) is 17.5 Å². The molecule has 0 unspecified atom stereocenters. The lowest BCUT2D eigenvalue weighted by atomic mass is 9.94. The van der Waals surface area contributed by atoms with Crippen LogP contribution in [0.3, 0.4) is 0 Å². The third kappa shape index (κ3) is 5.05. The van der Waals surface area contributed by atoms with Crippen LogP contribution in [0.1, 0.15) is 23.5 Å². The Labute approximate surface area is 207 Å². The quantitative estimate of drug-likeness (QED) is 0.432. The van der Waals surface area contributed by atoms with Crippen LogP contribution in [0.25, 0.3) is 0 Å². The molecule has 0 saturated carbocycles. The normalized spacial score (nSPS) is 22.6. The summed E-state index contributed by atoms with van der Waals surface area (Å²) < 4.78 is 58.1. The maximum atomic E-state index is 14.9. The Bertz CT molecular complexity index is 1220. The summed E-state index contributed by atoms with van der Waals surface area (Å²) in [5.41, 5.74) is -0.392. The monoisotopic (exact) mass is 526 g/mol. The topological polar surface area (TPSA) is 123 Å². The fourth-order valence-electron chi connectivity index (χ4n) is 4.00. The smallest absolute Gasteiger partial charge is 0.466 e. The summed E-state index contributed by atoms with van der Waals surface area (Å²) in [7, 11) is 1.11. The van der Waals surface area contributed by atoms with Crippen molar-refractivity contribution in [1.29, 1.82) is 0 Å². The lowest BCUT2D eigenvalue weighted by Gasteiger charge is -2.39. The van der Waals surface area contributed by atoms with E-state index in [1.54, 1.807) is 17.2 Å². The van der Waals surface area contributed by atoms with E-state index in [1.165, 1.54) is 17.5 Å². The van der Waals surface area contributed by atoms with E-state index in [2.05, 4.69) is 15.3 Å². The first-order valence-corrected chi connectivity index (χ1v) is 11.5. The van der Waals surface area contributed by atoms with Gasteiger partial charge in [0.25, 0.3) is 0 Å². The number of aromatic nitrogens is 1. The molecule has 1 saturated heterocycles. The zero-order valence-electron chi connectivity index (χ0n) is 19.0. The van der Waals surface area contributed by atoms with Gasteiger partial charge in [0.05, 0.1) is 19.3 Å². The van der Waals surface area contributed by atoms with Crippen LogP contribution >= 0.6 is 11.3 Å². The Morgan fingerprint density at radius 1 is 1.31 bits per heavy atom. The summed E-state index contributed by atoms with van der Waals surface area (Å²) in [5.74, 6) is -5.35. The molecule has 1 fully saturated rings. The predicted octanol–water partition coefficient (Wildman–Crippen LogP) is 2.82. The molecular weight excluding hydrogens is 505 g/mol. The van der Waals surface area contributed by atoms with Crippen molar-refractivity contribution < 1.29 is 42.1 Å². The number of ether oxygens (including phenoxy) is 3. The highest BCUT2D eigenvalue weighted by Crippen LogP contribution is 2.36. The highest BCUT2D eigenvalue weighted by Gasteiger charge is 2.39. The van der Waals surface area contributed by atoms with Crippen LogP contribution in [0.4, 0.5) is 18.0 Å². The number of morpholine rings is 1. The van der Waals surface area contributed by atoms with Gasteiger partial charge in [0, 0.05) is 35.9 Å². The van der Waals surface area contributed by atoms with Crippen LogP contribution in [-0.4, -0.2) is 72.1 Å². The number of hydrogen-bond acceptors (Lipinski definition) is 10. The van der Waals surface area contributed by atoms with Crippen molar-refractivity contribution in [1.82, 2.24) is 15.2 Å². The van der Waals surface area contributed by atoms with E-state index in [1.807, 2.05) is 0 Å². The number of aliphatic imine (C=N–C) groups is 1. The molecule has 0 aliphatic carbocycles. The van der Waals surface area contributed by atoms with Gasteiger partial charge in [-0.05, 0) is 13.0 Å². The molecule has 3 heterocycles. The molecule has 3 atom stereocenters. The molecule has 10 nitrogen and oxygen atoms in total. The largest absolute Gasteiger partial charge is 0.507 e. The molecule has 36 heavy (non-hydrogen) atoms. The zero-order valence-corrected chi connectivity index (χ0v) is 19.9. The Hall–Kier alpha value is -3.49. The molecule has 2 N–H and O–H groups in total. The van der Waals surface area contributed by atoms with Crippen molar-refractivity contribution >= 4 is 29.3 Å². The predicted molar refractivity (Wildman–Crippen MR) is 120 cm³/mol. The molecule has 1 aromatic carbocycles. The first-order chi connectivity index (χ1) is 17.2. The van der Waals surface area contributed by atoms with Gasteiger partial charge in [-0.1, -0.05) is 6.07 Å². The van der Waals surface area contributed by atoms with E-state index in [-0.39, 0.29) is 36.8 Å². The van der Waals surface area contributed by atoms with E-state index in [0.717, 1.165) is 19.2 Å². The lowest BCUT2D eigenvalue weighted by molar-refractivity contribution is -0.155. The average molecular weight is 526 g/mol. The summed E-state index contributed by atoms with van der Waals surface area (Å²) in [6.45, 7) is 2.01. The number of nitrogens with zero attached hydrogens (tertiary/aromatic N) is 3. The van der Waals surface area contributed by atoms with Crippen LogP contribution in [0.5, 0.6) is 0 Å². The molecule has 2 aliphatic heterocycles. The van der Waals surface area contributed by atoms with Crippen molar-refractivity contribution in [3.63, 3.8) is 0 Å². The van der Waals surface area contributed by atoms with E-state index in [9.17, 15) is 27.9 Å². The van der Waals surface area contributed by atoms with Gasteiger partial charge in [0.1, 0.15) is 12.1 Å². The van der Waals surface area contributed by atoms with Gasteiger partial charge < -0.3 is 24.6 Å². The standard InChI is InChI=1S/C22H21F3N4O6S/c1-10-20(35-22(31)32)29(6-7-34-10)9-13-14(21(30)33-2)17(11-3-4-12(23)16(25)15(11)24)28-18(27-13)19-26-5-8-36-19/h3-5,8,10,17,20H,6-7,9H2,1-2H3,(H,27,28)(H,31,32)/t10-,17+,20+/m1/s1. The number of methoxy groups -OCH3 is 1. The minimum Gasteiger partial charge on any atom is -0.466 e. The molecule has 192 valence electrons. The number of halogens is 3. The summed E-state index contributed by atoms with van der Waals surface area (Å²) in [5, 5.41) is 14.2. The van der Waals surface area contributed by atoms with Crippen molar-refractivity contribution in [3.05, 3.63) is 63.0 Å². The number of rotatable bonds is 6. The van der Waals surface area contributed by atoms with Gasteiger partial charge in [-0.2, -0.15) is 0 Å². The molecule has 0 bridgehead atoms. The molecule has 4 rings (SSSR count). The van der Waals surface area contributed by atoms with Crippen LogP contribution in [0.2, 0.25) is 0 Å². The van der Waals surface area contributed by atoms with Gasteiger partial charge in [-0.3, -0.25) is 9.89 Å². The number of benzene rings is 1. The van der Waals surface area contributed by atoms with Crippen LogP contribution in [-0.2, 0) is 19.0 Å².